The van der Waals surface area contributed by atoms with Gasteiger partial charge in [0.15, 0.2) is 16.8 Å². The number of carbonyl (C=O) groups excluding carboxylic acids is 2. The topological polar surface area (TPSA) is 80.1 Å². The average Bonchev–Trinajstić information content (AvgIpc) is 3.21. The summed E-state index contributed by atoms with van der Waals surface area (Å²) in [6.45, 7) is 3.53. The third-order valence-electron chi connectivity index (χ3n) is 5.33. The van der Waals surface area contributed by atoms with Crippen LogP contribution in [-0.2, 0) is 16.0 Å². The summed E-state index contributed by atoms with van der Waals surface area (Å²) in [7, 11) is 3.95. The van der Waals surface area contributed by atoms with Gasteiger partial charge in [-0.3, -0.25) is 19.1 Å². The number of Topliss-reactive ketones (excluding diaryl/α,β-unsaturated/α-hetero) is 1. The second kappa shape index (κ2) is 11.4. The van der Waals surface area contributed by atoms with E-state index in [0.29, 0.717) is 16.6 Å². The first-order valence-corrected chi connectivity index (χ1v) is 12.0. The van der Waals surface area contributed by atoms with Crippen molar-refractivity contribution in [3.8, 4) is 5.69 Å². The van der Waals surface area contributed by atoms with Crippen molar-refractivity contribution in [3.63, 3.8) is 0 Å². The van der Waals surface area contributed by atoms with Gasteiger partial charge in [-0.05, 0) is 64.2 Å². The molecule has 0 bridgehead atoms. The molecule has 0 aliphatic rings. The molecule has 174 valence electrons. The van der Waals surface area contributed by atoms with Crippen molar-refractivity contribution in [2.24, 2.45) is 0 Å². The van der Waals surface area contributed by atoms with E-state index in [1.165, 1.54) is 18.7 Å². The summed E-state index contributed by atoms with van der Waals surface area (Å²) in [5.74, 6) is 0.559. The highest BCUT2D eigenvalue weighted by molar-refractivity contribution is 7.99. The number of nitrogens with one attached hydrogen (secondary N) is 1. The molecule has 0 spiro atoms. The molecule has 2 unspecified atom stereocenters. The standard InChI is InChI=1S/C24H28ClN5O2S/c1-16(29(3)4)23-27-28-24(30(23)20-12-10-19(25)11-13-20)33-15-22(32)26-21(17(2)31)14-18-8-6-5-7-9-18/h5-13,16,21H,14-15H2,1-4H3,(H,26,32). The first-order chi connectivity index (χ1) is 15.8. The number of nitrogens with zero attached hydrogens (tertiary/aromatic N) is 4. The SMILES string of the molecule is CC(=O)C(Cc1ccccc1)NC(=O)CSc1nnc(C(C)N(C)C)n1-c1ccc(Cl)cc1. The number of benzene rings is 2. The summed E-state index contributed by atoms with van der Waals surface area (Å²) in [5.41, 5.74) is 1.86. The van der Waals surface area contributed by atoms with Crippen molar-refractivity contribution >= 4 is 35.1 Å². The number of rotatable bonds is 10. The van der Waals surface area contributed by atoms with Crippen LogP contribution in [-0.4, -0.2) is 57.2 Å². The van der Waals surface area contributed by atoms with Crippen molar-refractivity contribution in [1.29, 1.82) is 0 Å². The molecule has 1 heterocycles. The molecule has 0 saturated carbocycles. The van der Waals surface area contributed by atoms with E-state index < -0.39 is 6.04 Å². The van der Waals surface area contributed by atoms with E-state index >= 15 is 0 Å². The molecule has 3 rings (SSSR count). The number of carbonyl (C=O) groups is 2. The first kappa shape index (κ1) is 25.0. The predicted molar refractivity (Wildman–Crippen MR) is 132 cm³/mol. The maximum Gasteiger partial charge on any atom is 0.231 e. The van der Waals surface area contributed by atoms with Crippen LogP contribution in [0.2, 0.25) is 5.02 Å². The van der Waals surface area contributed by atoms with Crippen LogP contribution >= 0.6 is 23.4 Å². The van der Waals surface area contributed by atoms with Crippen LogP contribution in [0.4, 0.5) is 0 Å². The van der Waals surface area contributed by atoms with Crippen LogP contribution in [0.5, 0.6) is 0 Å². The molecule has 2 aromatic carbocycles. The minimum absolute atomic E-state index is 0.00400. The molecular weight excluding hydrogens is 458 g/mol. The average molecular weight is 486 g/mol. The summed E-state index contributed by atoms with van der Waals surface area (Å²) in [6, 6.07) is 16.5. The van der Waals surface area contributed by atoms with Gasteiger partial charge < -0.3 is 5.32 Å². The Hall–Kier alpha value is -2.68. The molecular formula is C24H28ClN5O2S. The molecule has 0 radical (unpaired) electrons. The lowest BCUT2D eigenvalue weighted by Gasteiger charge is -2.20. The summed E-state index contributed by atoms with van der Waals surface area (Å²) in [6.07, 6.45) is 0.456. The van der Waals surface area contributed by atoms with Gasteiger partial charge >= 0.3 is 0 Å². The summed E-state index contributed by atoms with van der Waals surface area (Å²) in [4.78, 5) is 26.8. The minimum Gasteiger partial charge on any atom is -0.345 e. The second-order valence-corrected chi connectivity index (χ2v) is 9.38. The highest BCUT2D eigenvalue weighted by atomic mass is 35.5. The quantitative estimate of drug-likeness (QED) is 0.438. The zero-order valence-electron chi connectivity index (χ0n) is 19.2. The van der Waals surface area contributed by atoms with Crippen LogP contribution in [0.25, 0.3) is 5.69 Å². The largest absolute Gasteiger partial charge is 0.345 e. The highest BCUT2D eigenvalue weighted by Crippen LogP contribution is 2.27. The van der Waals surface area contributed by atoms with E-state index in [2.05, 4.69) is 15.5 Å². The molecule has 33 heavy (non-hydrogen) atoms. The zero-order chi connectivity index (χ0) is 24.0. The molecule has 2 atom stereocenters. The fourth-order valence-electron chi connectivity index (χ4n) is 3.22. The Labute approximate surface area is 203 Å². The Bertz CT molecular complexity index is 1090. The van der Waals surface area contributed by atoms with Gasteiger partial charge in [0.05, 0.1) is 17.8 Å². The van der Waals surface area contributed by atoms with Crippen molar-refractivity contribution < 1.29 is 9.59 Å². The molecule has 7 nitrogen and oxygen atoms in total. The van der Waals surface area contributed by atoms with Gasteiger partial charge in [0, 0.05) is 10.7 Å². The van der Waals surface area contributed by atoms with E-state index in [9.17, 15) is 9.59 Å². The van der Waals surface area contributed by atoms with Gasteiger partial charge in [-0.2, -0.15) is 0 Å². The smallest absolute Gasteiger partial charge is 0.231 e. The van der Waals surface area contributed by atoms with Gasteiger partial charge in [-0.15, -0.1) is 10.2 Å². The maximum absolute atomic E-state index is 12.7. The van der Waals surface area contributed by atoms with Gasteiger partial charge in [0.1, 0.15) is 0 Å². The van der Waals surface area contributed by atoms with E-state index in [-0.39, 0.29) is 23.5 Å². The lowest BCUT2D eigenvalue weighted by atomic mass is 10.0. The number of hydrogen-bond acceptors (Lipinski definition) is 6. The molecule has 1 amide bonds. The predicted octanol–water partition coefficient (Wildman–Crippen LogP) is 3.95. The van der Waals surface area contributed by atoms with Crippen molar-refractivity contribution in [2.45, 2.75) is 37.5 Å². The van der Waals surface area contributed by atoms with Gasteiger partial charge in [-0.1, -0.05) is 53.7 Å². The van der Waals surface area contributed by atoms with E-state index in [1.54, 1.807) is 0 Å². The van der Waals surface area contributed by atoms with E-state index in [4.69, 9.17) is 11.6 Å². The Kier molecular flexibility index (Phi) is 8.66. The molecule has 0 aliphatic heterocycles. The number of ketones is 1. The molecule has 0 aliphatic carbocycles. The first-order valence-electron chi connectivity index (χ1n) is 10.6. The van der Waals surface area contributed by atoms with Crippen LogP contribution in [0.15, 0.2) is 59.8 Å². The second-order valence-electron chi connectivity index (χ2n) is 8.00. The number of thioether (sulfide) groups is 1. The van der Waals surface area contributed by atoms with Crippen molar-refractivity contribution in [1.82, 2.24) is 25.0 Å². The molecule has 9 heteroatoms. The molecule has 0 saturated heterocycles. The van der Waals surface area contributed by atoms with E-state index in [1.807, 2.05) is 85.1 Å². The summed E-state index contributed by atoms with van der Waals surface area (Å²) < 4.78 is 1.94. The Morgan fingerprint density at radius 2 is 1.76 bits per heavy atom. The third kappa shape index (κ3) is 6.66. The van der Waals surface area contributed by atoms with Crippen molar-refractivity contribution in [2.75, 3.05) is 19.8 Å². The van der Waals surface area contributed by atoms with Crippen LogP contribution in [0, 0.1) is 0 Å². The Balaban J connectivity index is 1.75. The lowest BCUT2D eigenvalue weighted by Crippen LogP contribution is -2.42. The summed E-state index contributed by atoms with van der Waals surface area (Å²) in [5, 5.41) is 12.8. The van der Waals surface area contributed by atoms with Crippen molar-refractivity contribution in [3.05, 3.63) is 71.0 Å². The van der Waals surface area contributed by atoms with E-state index in [0.717, 1.165) is 17.1 Å². The third-order valence-corrected chi connectivity index (χ3v) is 6.51. The highest BCUT2D eigenvalue weighted by Gasteiger charge is 2.23. The molecule has 1 aromatic heterocycles. The number of hydrogen-bond donors (Lipinski definition) is 1. The Morgan fingerprint density at radius 1 is 1.09 bits per heavy atom. The lowest BCUT2D eigenvalue weighted by molar-refractivity contribution is -0.125. The fraction of sp³-hybridized carbons (Fsp3) is 0.333. The fourth-order valence-corrected chi connectivity index (χ4v) is 4.12. The van der Waals surface area contributed by atoms with Crippen LogP contribution < -0.4 is 5.32 Å². The Morgan fingerprint density at radius 3 is 2.36 bits per heavy atom. The minimum atomic E-state index is -0.570. The normalized spacial score (nSPS) is 13.0. The summed E-state index contributed by atoms with van der Waals surface area (Å²) >= 11 is 7.34. The maximum atomic E-state index is 12.7. The number of halogens is 1. The van der Waals surface area contributed by atoms with Crippen LogP contribution in [0.3, 0.4) is 0 Å². The number of aromatic nitrogens is 3. The number of amides is 1. The zero-order valence-corrected chi connectivity index (χ0v) is 20.7. The van der Waals surface area contributed by atoms with Crippen LogP contribution in [0.1, 0.15) is 31.3 Å². The van der Waals surface area contributed by atoms with Gasteiger partial charge in [0.25, 0.3) is 0 Å². The monoisotopic (exact) mass is 485 g/mol. The van der Waals surface area contributed by atoms with Gasteiger partial charge in [-0.25, -0.2) is 0 Å². The molecule has 3 aromatic rings. The van der Waals surface area contributed by atoms with Gasteiger partial charge in [0.2, 0.25) is 5.91 Å². The molecule has 0 fully saturated rings. The molecule has 1 N–H and O–H groups in total.